The largest absolute Gasteiger partial charge is 0.461 e. The molecule has 2 saturated carbocycles. The number of esters is 2. The number of aromatic nitrogens is 1. The number of carbonyl (C=O) groups excluding carboxylic acids is 3. The molecule has 0 spiro atoms. The summed E-state index contributed by atoms with van der Waals surface area (Å²) in [6, 6.07) is 0.105. The van der Waals surface area contributed by atoms with Crippen molar-refractivity contribution in [1.29, 1.82) is 0 Å². The lowest BCUT2D eigenvalue weighted by atomic mass is 9.69. The van der Waals surface area contributed by atoms with E-state index < -0.39 is 11.9 Å². The lowest BCUT2D eigenvalue weighted by Gasteiger charge is -2.39. The lowest BCUT2D eigenvalue weighted by Crippen LogP contribution is -2.48. The van der Waals surface area contributed by atoms with Gasteiger partial charge in [0.25, 0.3) is 5.91 Å². The van der Waals surface area contributed by atoms with Crippen molar-refractivity contribution in [3.05, 3.63) is 22.5 Å². The Hall–Kier alpha value is -2.31. The zero-order chi connectivity index (χ0) is 21.6. The third-order valence-corrected chi connectivity index (χ3v) is 7.58. The van der Waals surface area contributed by atoms with Crippen molar-refractivity contribution in [1.82, 2.24) is 10.3 Å². The van der Waals surface area contributed by atoms with E-state index in [1.54, 1.807) is 20.8 Å². The monoisotopic (exact) mass is 404 g/mol. The normalized spacial score (nSPS) is 27.0. The minimum Gasteiger partial charge on any atom is -0.461 e. The maximum atomic E-state index is 12.5. The van der Waals surface area contributed by atoms with Crippen molar-refractivity contribution in [2.45, 2.75) is 66.8 Å². The van der Waals surface area contributed by atoms with Crippen LogP contribution in [0, 0.1) is 30.6 Å². The number of hydrogen-bond acceptors (Lipinski definition) is 5. The standard InChI is InChI=1S/C22H32N2O5/c1-7-28-20(27)18-12(2)17(13(3)23-18)19(26)29-11-16(25)24-15-10-14-8-9-22(15,6)21(14,4)5/h14-15,23H,7-11H2,1-6H3,(H,24,25). The molecule has 1 aromatic rings. The maximum absolute atomic E-state index is 12.5. The predicted molar refractivity (Wildman–Crippen MR) is 108 cm³/mol. The van der Waals surface area contributed by atoms with Crippen molar-refractivity contribution in [3.63, 3.8) is 0 Å². The number of rotatable bonds is 6. The van der Waals surface area contributed by atoms with Crippen LogP contribution >= 0.6 is 0 Å². The van der Waals surface area contributed by atoms with E-state index in [9.17, 15) is 14.4 Å². The molecule has 0 aromatic carbocycles. The number of ether oxygens (including phenoxy) is 2. The first-order valence-electron chi connectivity index (χ1n) is 10.4. The van der Waals surface area contributed by atoms with Gasteiger partial charge in [0.1, 0.15) is 5.69 Å². The highest BCUT2D eigenvalue weighted by atomic mass is 16.5. The predicted octanol–water partition coefficient (Wildman–Crippen LogP) is 3.30. The highest BCUT2D eigenvalue weighted by Gasteiger charge is 2.61. The number of hydrogen-bond donors (Lipinski definition) is 2. The zero-order valence-electron chi connectivity index (χ0n) is 18.2. The van der Waals surface area contributed by atoms with E-state index in [0.717, 1.165) is 12.8 Å². The van der Waals surface area contributed by atoms with E-state index >= 15 is 0 Å². The topological polar surface area (TPSA) is 97.5 Å². The first-order valence-corrected chi connectivity index (χ1v) is 10.4. The summed E-state index contributed by atoms with van der Waals surface area (Å²) in [4.78, 5) is 39.9. The number of carbonyl (C=O) groups is 3. The third kappa shape index (κ3) is 3.45. The summed E-state index contributed by atoms with van der Waals surface area (Å²) < 4.78 is 10.3. The molecule has 1 heterocycles. The van der Waals surface area contributed by atoms with Crippen LogP contribution in [0.5, 0.6) is 0 Å². The van der Waals surface area contributed by atoms with Gasteiger partial charge >= 0.3 is 11.9 Å². The molecule has 2 fully saturated rings. The minimum absolute atomic E-state index is 0.0691. The molecule has 3 atom stereocenters. The van der Waals surface area contributed by atoms with Gasteiger partial charge in [-0.1, -0.05) is 20.8 Å². The molecule has 2 N–H and O–H groups in total. The fraction of sp³-hybridized carbons (Fsp3) is 0.682. The van der Waals surface area contributed by atoms with Crippen LogP contribution in [-0.4, -0.2) is 42.1 Å². The van der Waals surface area contributed by atoms with E-state index in [1.807, 2.05) is 0 Å². The first kappa shape index (κ1) is 21.4. The number of aromatic amines is 1. The molecule has 2 bridgehead atoms. The maximum Gasteiger partial charge on any atom is 0.355 e. The molecule has 0 aliphatic heterocycles. The Labute approximate surface area is 171 Å². The summed E-state index contributed by atoms with van der Waals surface area (Å²) in [5.41, 5.74) is 1.75. The van der Waals surface area contributed by atoms with Crippen LogP contribution in [0.1, 0.15) is 79.1 Å². The molecule has 0 saturated heterocycles. The highest BCUT2D eigenvalue weighted by molar-refractivity contribution is 5.99. The smallest absolute Gasteiger partial charge is 0.355 e. The number of H-pyrrole nitrogens is 1. The van der Waals surface area contributed by atoms with E-state index in [0.29, 0.717) is 17.2 Å². The van der Waals surface area contributed by atoms with Crippen molar-refractivity contribution in [3.8, 4) is 0 Å². The Morgan fingerprint density at radius 2 is 1.83 bits per heavy atom. The van der Waals surface area contributed by atoms with Crippen LogP contribution in [0.3, 0.4) is 0 Å². The number of amides is 1. The molecule has 0 radical (unpaired) electrons. The quantitative estimate of drug-likeness (QED) is 0.709. The molecule has 2 aliphatic rings. The van der Waals surface area contributed by atoms with Crippen LogP contribution in [-0.2, 0) is 14.3 Å². The average Bonchev–Trinajstić information content (AvgIpc) is 3.13. The van der Waals surface area contributed by atoms with Gasteiger partial charge in [0.05, 0.1) is 12.2 Å². The molecular weight excluding hydrogens is 372 g/mol. The second-order valence-electron chi connectivity index (χ2n) is 9.15. The highest BCUT2D eigenvalue weighted by Crippen LogP contribution is 2.65. The van der Waals surface area contributed by atoms with E-state index in [4.69, 9.17) is 9.47 Å². The zero-order valence-corrected chi connectivity index (χ0v) is 18.2. The first-order chi connectivity index (χ1) is 13.5. The van der Waals surface area contributed by atoms with Crippen LogP contribution in [0.25, 0.3) is 0 Å². The molecule has 2 aliphatic carbocycles. The molecule has 7 nitrogen and oxygen atoms in total. The van der Waals surface area contributed by atoms with Gasteiger partial charge in [-0.2, -0.15) is 0 Å². The van der Waals surface area contributed by atoms with Gasteiger partial charge in [-0.3, -0.25) is 4.79 Å². The summed E-state index contributed by atoms with van der Waals surface area (Å²) in [6.07, 6.45) is 3.29. The number of aryl methyl sites for hydroxylation is 1. The van der Waals surface area contributed by atoms with Crippen molar-refractivity contribution in [2.24, 2.45) is 16.7 Å². The lowest BCUT2D eigenvalue weighted by molar-refractivity contribution is -0.126. The SMILES string of the molecule is CCOC(=O)c1[nH]c(C)c(C(=O)OCC(=O)NC2CC3CCC2(C)C3(C)C)c1C. The number of nitrogens with one attached hydrogen (secondary N) is 2. The summed E-state index contributed by atoms with van der Waals surface area (Å²) >= 11 is 0. The minimum atomic E-state index is -0.624. The van der Waals surface area contributed by atoms with Crippen molar-refractivity contribution in [2.75, 3.05) is 13.2 Å². The van der Waals surface area contributed by atoms with Gasteiger partial charge in [0.2, 0.25) is 0 Å². The van der Waals surface area contributed by atoms with Crippen LogP contribution in [0.2, 0.25) is 0 Å². The second-order valence-corrected chi connectivity index (χ2v) is 9.15. The fourth-order valence-corrected chi connectivity index (χ4v) is 5.32. The average molecular weight is 405 g/mol. The van der Waals surface area contributed by atoms with Crippen LogP contribution in [0.15, 0.2) is 0 Å². The van der Waals surface area contributed by atoms with Gasteiger partial charge in [-0.25, -0.2) is 9.59 Å². The van der Waals surface area contributed by atoms with Gasteiger partial charge in [-0.15, -0.1) is 0 Å². The van der Waals surface area contributed by atoms with E-state index in [2.05, 4.69) is 31.1 Å². The Morgan fingerprint density at radius 1 is 1.14 bits per heavy atom. The molecule has 29 heavy (non-hydrogen) atoms. The van der Waals surface area contributed by atoms with Crippen LogP contribution < -0.4 is 5.32 Å². The van der Waals surface area contributed by atoms with Gasteiger partial charge < -0.3 is 19.8 Å². The summed E-state index contributed by atoms with van der Waals surface area (Å²) in [5.74, 6) is -0.811. The van der Waals surface area contributed by atoms with E-state index in [1.165, 1.54) is 6.42 Å². The van der Waals surface area contributed by atoms with Gasteiger partial charge in [-0.05, 0) is 62.3 Å². The van der Waals surface area contributed by atoms with Crippen molar-refractivity contribution >= 4 is 17.8 Å². The van der Waals surface area contributed by atoms with Crippen molar-refractivity contribution < 1.29 is 23.9 Å². The summed E-state index contributed by atoms with van der Waals surface area (Å²) in [6.45, 7) is 11.8. The van der Waals surface area contributed by atoms with Gasteiger partial charge in [0, 0.05) is 11.7 Å². The third-order valence-electron chi connectivity index (χ3n) is 7.58. The summed E-state index contributed by atoms with van der Waals surface area (Å²) in [7, 11) is 0. The Balaban J connectivity index is 1.60. The Bertz CT molecular complexity index is 841. The fourth-order valence-electron chi connectivity index (χ4n) is 5.32. The molecule has 1 amide bonds. The Morgan fingerprint density at radius 3 is 2.38 bits per heavy atom. The molecule has 160 valence electrons. The molecule has 1 aromatic heterocycles. The van der Waals surface area contributed by atoms with Gasteiger partial charge in [0.15, 0.2) is 6.61 Å². The second kappa shape index (κ2) is 7.50. The molecule has 3 unspecified atom stereocenters. The molecular formula is C22H32N2O5. The molecule has 7 heteroatoms. The van der Waals surface area contributed by atoms with Crippen LogP contribution in [0.4, 0.5) is 0 Å². The van der Waals surface area contributed by atoms with E-state index in [-0.39, 0.29) is 47.3 Å². The molecule has 3 rings (SSSR count). The number of fused-ring (bicyclic) bond motifs is 2. The summed E-state index contributed by atoms with van der Waals surface area (Å²) in [5, 5.41) is 3.08. The Kier molecular flexibility index (Phi) is 5.54.